The maximum atomic E-state index is 8.90. The van der Waals surface area contributed by atoms with Gasteiger partial charge in [0.25, 0.3) is 0 Å². The average molecular weight is 262 g/mol. The van der Waals surface area contributed by atoms with Crippen molar-refractivity contribution in [1.82, 2.24) is 14.8 Å². The lowest BCUT2D eigenvalue weighted by Gasteiger charge is -2.32. The second-order valence-corrected chi connectivity index (χ2v) is 4.97. The second-order valence-electron chi connectivity index (χ2n) is 4.97. The van der Waals surface area contributed by atoms with Crippen LogP contribution in [-0.2, 0) is 18.3 Å². The molecule has 5 heteroatoms. The van der Waals surface area contributed by atoms with Crippen LogP contribution < -0.4 is 5.32 Å². The van der Waals surface area contributed by atoms with Crippen molar-refractivity contribution in [3.05, 3.63) is 23.5 Å². The van der Waals surface area contributed by atoms with Crippen LogP contribution >= 0.6 is 0 Å². The molecule has 0 radical (unpaired) electrons. The zero-order valence-electron chi connectivity index (χ0n) is 11.7. The van der Waals surface area contributed by atoms with Crippen LogP contribution in [0.2, 0.25) is 0 Å². The van der Waals surface area contributed by atoms with Crippen molar-refractivity contribution in [2.45, 2.75) is 19.6 Å². The molecule has 19 heavy (non-hydrogen) atoms. The van der Waals surface area contributed by atoms with Gasteiger partial charge in [0.15, 0.2) is 0 Å². The summed E-state index contributed by atoms with van der Waals surface area (Å²) in [5.74, 6) is 0. The summed E-state index contributed by atoms with van der Waals surface area (Å²) in [6.07, 6.45) is 2.26. The summed E-state index contributed by atoms with van der Waals surface area (Å²) >= 11 is 0. The van der Waals surface area contributed by atoms with Gasteiger partial charge in [-0.05, 0) is 18.2 Å². The number of nitriles is 1. The average Bonchev–Trinajstić information content (AvgIpc) is 2.79. The summed E-state index contributed by atoms with van der Waals surface area (Å²) in [6.45, 7) is 7.77. The Hall–Kier alpha value is -1.35. The molecule has 1 saturated heterocycles. The molecule has 1 aliphatic rings. The van der Waals surface area contributed by atoms with E-state index in [2.05, 4.69) is 23.2 Å². The third-order valence-corrected chi connectivity index (χ3v) is 3.55. The molecule has 0 spiro atoms. The molecule has 1 atom stereocenters. The molecule has 1 unspecified atom stereocenters. The van der Waals surface area contributed by atoms with Gasteiger partial charge in [-0.15, -0.1) is 0 Å². The van der Waals surface area contributed by atoms with E-state index in [1.165, 1.54) is 0 Å². The highest BCUT2D eigenvalue weighted by Crippen LogP contribution is 2.07. The van der Waals surface area contributed by atoms with Gasteiger partial charge in [0.1, 0.15) is 11.8 Å². The van der Waals surface area contributed by atoms with Gasteiger partial charge in [-0.25, -0.2) is 0 Å². The van der Waals surface area contributed by atoms with E-state index >= 15 is 0 Å². The Kier molecular flexibility index (Phi) is 4.97. The monoisotopic (exact) mass is 262 g/mol. The molecule has 1 aromatic heterocycles. The van der Waals surface area contributed by atoms with Crippen LogP contribution in [-0.4, -0.2) is 48.4 Å². The summed E-state index contributed by atoms with van der Waals surface area (Å²) in [7, 11) is 1.89. The number of likely N-dealkylation sites (N-methyl/N-ethyl adjacent to an activating group) is 1. The van der Waals surface area contributed by atoms with Crippen molar-refractivity contribution < 1.29 is 4.74 Å². The van der Waals surface area contributed by atoms with E-state index in [1.807, 2.05) is 23.9 Å². The Labute approximate surface area is 114 Å². The highest BCUT2D eigenvalue weighted by molar-refractivity contribution is 5.28. The molecule has 0 saturated carbocycles. The van der Waals surface area contributed by atoms with Crippen molar-refractivity contribution in [1.29, 1.82) is 5.26 Å². The largest absolute Gasteiger partial charge is 0.374 e. The van der Waals surface area contributed by atoms with E-state index in [-0.39, 0.29) is 6.10 Å². The summed E-state index contributed by atoms with van der Waals surface area (Å²) in [5.41, 5.74) is 1.84. The first-order valence-corrected chi connectivity index (χ1v) is 6.83. The molecular weight excluding hydrogens is 240 g/mol. The molecule has 2 heterocycles. The van der Waals surface area contributed by atoms with Crippen molar-refractivity contribution >= 4 is 0 Å². The predicted molar refractivity (Wildman–Crippen MR) is 73.7 cm³/mol. The third kappa shape index (κ3) is 3.80. The van der Waals surface area contributed by atoms with Crippen LogP contribution in [0.4, 0.5) is 0 Å². The van der Waals surface area contributed by atoms with E-state index in [9.17, 15) is 0 Å². The number of nitrogens with zero attached hydrogens (tertiary/aromatic N) is 3. The number of ether oxygens (including phenoxy) is 1. The minimum Gasteiger partial charge on any atom is -0.374 e. The lowest BCUT2D eigenvalue weighted by molar-refractivity contribution is -0.0253. The van der Waals surface area contributed by atoms with E-state index in [1.54, 1.807) is 0 Å². The quantitative estimate of drug-likeness (QED) is 0.849. The number of aromatic nitrogens is 1. The Morgan fingerprint density at radius 3 is 3.11 bits per heavy atom. The van der Waals surface area contributed by atoms with Gasteiger partial charge >= 0.3 is 0 Å². The fourth-order valence-electron chi connectivity index (χ4n) is 2.41. The standard InChI is InChI=1S/C14H22N4O/c1-3-18-4-5-19-14(11-18)9-16-8-12-6-13(7-15)17(2)10-12/h6,10,14,16H,3-5,8-9,11H2,1-2H3. The second kappa shape index (κ2) is 6.71. The number of rotatable bonds is 5. The summed E-state index contributed by atoms with van der Waals surface area (Å²) in [6, 6.07) is 4.10. The fourth-order valence-corrected chi connectivity index (χ4v) is 2.41. The van der Waals surface area contributed by atoms with Crippen LogP contribution in [0.5, 0.6) is 0 Å². The van der Waals surface area contributed by atoms with E-state index in [0.29, 0.717) is 5.69 Å². The Bertz CT molecular complexity index is 449. The molecule has 104 valence electrons. The smallest absolute Gasteiger partial charge is 0.120 e. The Balaban J connectivity index is 1.75. The molecule has 0 amide bonds. The topological polar surface area (TPSA) is 53.2 Å². The molecule has 0 aromatic carbocycles. The summed E-state index contributed by atoms with van der Waals surface area (Å²) in [4.78, 5) is 2.41. The SMILES string of the molecule is CCN1CCOC(CNCc2cc(C#N)n(C)c2)C1. The van der Waals surface area contributed by atoms with Gasteiger partial charge in [0, 0.05) is 39.4 Å². The number of morpholine rings is 1. The fraction of sp³-hybridized carbons (Fsp3) is 0.643. The summed E-state index contributed by atoms with van der Waals surface area (Å²) < 4.78 is 7.59. The minimum atomic E-state index is 0.271. The van der Waals surface area contributed by atoms with Crippen molar-refractivity contribution in [2.75, 3.05) is 32.8 Å². The normalized spacial score (nSPS) is 20.4. The Morgan fingerprint density at radius 1 is 1.58 bits per heavy atom. The molecule has 5 nitrogen and oxygen atoms in total. The van der Waals surface area contributed by atoms with E-state index in [4.69, 9.17) is 10.00 Å². The maximum Gasteiger partial charge on any atom is 0.120 e. The van der Waals surface area contributed by atoms with Crippen LogP contribution in [0.3, 0.4) is 0 Å². The molecule has 1 N–H and O–H groups in total. The zero-order valence-corrected chi connectivity index (χ0v) is 11.7. The molecule has 1 aromatic rings. The van der Waals surface area contributed by atoms with Crippen LogP contribution in [0.1, 0.15) is 18.2 Å². The first-order chi connectivity index (χ1) is 9.22. The number of nitrogens with one attached hydrogen (secondary N) is 1. The predicted octanol–water partition coefficient (Wildman–Crippen LogP) is 0.707. The van der Waals surface area contributed by atoms with Gasteiger partial charge in [0.2, 0.25) is 0 Å². The zero-order chi connectivity index (χ0) is 13.7. The third-order valence-electron chi connectivity index (χ3n) is 3.55. The maximum absolute atomic E-state index is 8.90. The molecule has 0 bridgehead atoms. The van der Waals surface area contributed by atoms with Crippen LogP contribution in [0.15, 0.2) is 12.3 Å². The number of hydrogen-bond acceptors (Lipinski definition) is 4. The first-order valence-electron chi connectivity index (χ1n) is 6.83. The van der Waals surface area contributed by atoms with Gasteiger partial charge in [0.05, 0.1) is 12.7 Å². The highest BCUT2D eigenvalue weighted by atomic mass is 16.5. The molecular formula is C14H22N4O. The molecule has 2 rings (SSSR count). The first kappa shape index (κ1) is 14.1. The van der Waals surface area contributed by atoms with Crippen molar-refractivity contribution in [3.8, 4) is 6.07 Å². The van der Waals surface area contributed by atoms with Crippen LogP contribution in [0, 0.1) is 11.3 Å². The molecule has 1 aliphatic heterocycles. The van der Waals surface area contributed by atoms with Crippen molar-refractivity contribution in [2.24, 2.45) is 7.05 Å². The minimum absolute atomic E-state index is 0.271. The van der Waals surface area contributed by atoms with E-state index in [0.717, 1.165) is 44.9 Å². The van der Waals surface area contributed by atoms with Crippen LogP contribution in [0.25, 0.3) is 0 Å². The van der Waals surface area contributed by atoms with Gasteiger partial charge in [-0.2, -0.15) is 5.26 Å². The van der Waals surface area contributed by atoms with Gasteiger partial charge in [-0.1, -0.05) is 6.92 Å². The molecule has 1 fully saturated rings. The number of hydrogen-bond donors (Lipinski definition) is 1. The highest BCUT2D eigenvalue weighted by Gasteiger charge is 2.18. The van der Waals surface area contributed by atoms with Gasteiger partial charge in [-0.3, -0.25) is 4.90 Å². The van der Waals surface area contributed by atoms with E-state index < -0.39 is 0 Å². The van der Waals surface area contributed by atoms with Gasteiger partial charge < -0.3 is 14.6 Å². The molecule has 0 aliphatic carbocycles. The van der Waals surface area contributed by atoms with Crippen molar-refractivity contribution in [3.63, 3.8) is 0 Å². The summed E-state index contributed by atoms with van der Waals surface area (Å²) in [5, 5.41) is 12.3. The lowest BCUT2D eigenvalue weighted by Crippen LogP contribution is -2.46. The number of aryl methyl sites for hydroxylation is 1. The Morgan fingerprint density at radius 2 is 2.42 bits per heavy atom. The lowest BCUT2D eigenvalue weighted by atomic mass is 10.2.